The third kappa shape index (κ3) is 6.76. The predicted octanol–water partition coefficient (Wildman–Crippen LogP) is 5.11. The number of halogens is 2. The van der Waals surface area contributed by atoms with Crippen LogP contribution in [0.1, 0.15) is 37.9 Å². The largest absolute Gasteiger partial charge is 0.496 e. The maximum atomic E-state index is 12.5. The van der Waals surface area contributed by atoms with Crippen LogP contribution >= 0.6 is 23.2 Å². The van der Waals surface area contributed by atoms with Crippen molar-refractivity contribution >= 4 is 35.1 Å². The molecule has 1 N–H and O–H groups in total. The van der Waals surface area contributed by atoms with Gasteiger partial charge in [-0.15, -0.1) is 0 Å². The van der Waals surface area contributed by atoms with Crippen molar-refractivity contribution < 1.29 is 28.5 Å². The lowest BCUT2D eigenvalue weighted by Crippen LogP contribution is -2.34. The highest BCUT2D eigenvalue weighted by Gasteiger charge is 2.25. The Labute approximate surface area is 197 Å². The summed E-state index contributed by atoms with van der Waals surface area (Å²) < 4.78 is 21.3. The summed E-state index contributed by atoms with van der Waals surface area (Å²) in [5.74, 6) is 0.488. The average Bonchev–Trinajstić information content (AvgIpc) is 2.76. The highest BCUT2D eigenvalue weighted by molar-refractivity contribution is 6.37. The zero-order valence-corrected chi connectivity index (χ0v) is 20.0. The van der Waals surface area contributed by atoms with Gasteiger partial charge in [-0.05, 0) is 61.7 Å². The molecule has 2 aromatic carbocycles. The van der Waals surface area contributed by atoms with Gasteiger partial charge in [-0.25, -0.2) is 4.79 Å². The number of methoxy groups -OCH3 is 1. The first kappa shape index (κ1) is 25.8. The van der Waals surface area contributed by atoms with Crippen LogP contribution < -0.4 is 14.8 Å². The molecule has 1 atom stereocenters. The minimum atomic E-state index is -0.962. The lowest BCUT2D eigenvalue weighted by Gasteiger charge is -2.19. The van der Waals surface area contributed by atoms with E-state index in [1.807, 2.05) is 13.0 Å². The van der Waals surface area contributed by atoms with Gasteiger partial charge in [0.05, 0.1) is 36.9 Å². The number of carbonyl (C=O) groups excluding carboxylic acids is 2. The highest BCUT2D eigenvalue weighted by atomic mass is 35.5. The lowest BCUT2D eigenvalue weighted by atomic mass is 10.1. The van der Waals surface area contributed by atoms with Crippen molar-refractivity contribution in [2.45, 2.75) is 33.2 Å². The quantitative estimate of drug-likeness (QED) is 0.444. The van der Waals surface area contributed by atoms with E-state index in [0.29, 0.717) is 11.3 Å². The van der Waals surface area contributed by atoms with E-state index in [-0.39, 0.29) is 35.6 Å². The first-order chi connectivity index (χ1) is 15.3. The number of nitrogens with one attached hydrogen (secondary N) is 1. The lowest BCUT2D eigenvalue weighted by molar-refractivity contribution is -0.146. The van der Waals surface area contributed by atoms with Gasteiger partial charge in [0.2, 0.25) is 0 Å². The van der Waals surface area contributed by atoms with Crippen molar-refractivity contribution in [3.05, 3.63) is 51.5 Å². The van der Waals surface area contributed by atoms with Crippen LogP contribution in [0, 0.1) is 0 Å². The minimum Gasteiger partial charge on any atom is -0.496 e. The third-order valence-electron chi connectivity index (χ3n) is 4.48. The second-order valence-corrected chi connectivity index (χ2v) is 7.43. The fourth-order valence-corrected chi connectivity index (χ4v) is 3.60. The zero-order chi connectivity index (χ0) is 23.7. The summed E-state index contributed by atoms with van der Waals surface area (Å²) in [6.07, 6.45) is 0.758. The van der Waals surface area contributed by atoms with E-state index in [0.717, 1.165) is 17.7 Å². The average molecular weight is 484 g/mol. The van der Waals surface area contributed by atoms with Crippen LogP contribution in [0.25, 0.3) is 0 Å². The Morgan fingerprint density at radius 1 is 1.00 bits per heavy atom. The van der Waals surface area contributed by atoms with Crippen molar-refractivity contribution in [1.29, 1.82) is 0 Å². The van der Waals surface area contributed by atoms with Crippen LogP contribution in [0.4, 0.5) is 0 Å². The van der Waals surface area contributed by atoms with Gasteiger partial charge in [0.1, 0.15) is 17.5 Å². The molecule has 32 heavy (non-hydrogen) atoms. The number of ether oxygens (including phenoxy) is 4. The molecule has 0 radical (unpaired) electrons. The maximum Gasteiger partial charge on any atom is 0.327 e. The summed E-state index contributed by atoms with van der Waals surface area (Å²) in [5, 5.41) is 3.24. The molecule has 1 unspecified atom stereocenters. The Balaban J connectivity index is 2.31. The summed E-state index contributed by atoms with van der Waals surface area (Å²) >= 11 is 12.9. The van der Waals surface area contributed by atoms with Crippen molar-refractivity contribution in [1.82, 2.24) is 5.32 Å². The van der Waals surface area contributed by atoms with Gasteiger partial charge in [0, 0.05) is 0 Å². The number of hydrogen-bond donors (Lipinski definition) is 1. The van der Waals surface area contributed by atoms with Crippen molar-refractivity contribution in [2.75, 3.05) is 26.9 Å². The van der Waals surface area contributed by atoms with Gasteiger partial charge < -0.3 is 18.9 Å². The van der Waals surface area contributed by atoms with Crippen molar-refractivity contribution in [3.63, 3.8) is 0 Å². The number of aryl methyl sites for hydroxylation is 1. The molecule has 0 spiro atoms. The van der Waals surface area contributed by atoms with Gasteiger partial charge in [0.25, 0.3) is 0 Å². The topological polar surface area (TPSA) is 83.1 Å². The van der Waals surface area contributed by atoms with Crippen molar-refractivity contribution in [3.8, 4) is 17.2 Å². The van der Waals surface area contributed by atoms with Gasteiger partial charge in [-0.2, -0.15) is 0 Å². The van der Waals surface area contributed by atoms with E-state index in [1.54, 1.807) is 45.2 Å². The van der Waals surface area contributed by atoms with E-state index in [1.165, 1.54) is 0 Å². The Morgan fingerprint density at radius 3 is 2.22 bits per heavy atom. The molecule has 0 aliphatic rings. The number of carbonyl (C=O) groups is 2. The third-order valence-corrected chi connectivity index (χ3v) is 5.05. The summed E-state index contributed by atoms with van der Waals surface area (Å²) in [7, 11) is 1.61. The van der Waals surface area contributed by atoms with E-state index in [4.69, 9.17) is 42.1 Å². The van der Waals surface area contributed by atoms with Crippen LogP contribution in [-0.2, 0) is 25.5 Å². The molecule has 0 aliphatic heterocycles. The monoisotopic (exact) mass is 483 g/mol. The predicted molar refractivity (Wildman–Crippen MR) is 123 cm³/mol. The zero-order valence-electron chi connectivity index (χ0n) is 18.5. The van der Waals surface area contributed by atoms with Gasteiger partial charge >= 0.3 is 11.9 Å². The van der Waals surface area contributed by atoms with E-state index in [9.17, 15) is 9.59 Å². The van der Waals surface area contributed by atoms with Crippen LogP contribution in [-0.4, -0.2) is 38.8 Å². The Kier molecular flexibility index (Phi) is 10.1. The van der Waals surface area contributed by atoms with E-state index >= 15 is 0 Å². The standard InChI is InChI=1S/C23H27Cl2NO6/c1-5-14-10-16(8-9-19(14)29-4)32-22-17(24)11-15(12-18(22)25)21(23(28)31-7-3)26-13-20(27)30-6-2/h8-12,21,26H,5-7,13H2,1-4H3. The minimum absolute atomic E-state index is 0.177. The normalized spacial score (nSPS) is 11.6. The molecule has 0 bridgehead atoms. The summed E-state index contributed by atoms with van der Waals surface area (Å²) in [6.45, 7) is 5.63. The molecule has 0 aromatic heterocycles. The van der Waals surface area contributed by atoms with Gasteiger partial charge in [-0.1, -0.05) is 30.1 Å². The van der Waals surface area contributed by atoms with Gasteiger partial charge in [-0.3, -0.25) is 10.1 Å². The van der Waals surface area contributed by atoms with Crippen molar-refractivity contribution in [2.24, 2.45) is 0 Å². The fraction of sp³-hybridized carbons (Fsp3) is 0.391. The molecule has 2 aromatic rings. The summed E-state index contributed by atoms with van der Waals surface area (Å²) in [5.41, 5.74) is 1.40. The molecular weight excluding hydrogens is 457 g/mol. The fourth-order valence-electron chi connectivity index (χ4n) is 3.02. The molecule has 0 aliphatic carbocycles. The highest BCUT2D eigenvalue weighted by Crippen LogP contribution is 2.39. The van der Waals surface area contributed by atoms with Crippen LogP contribution in [0.5, 0.6) is 17.2 Å². The number of esters is 2. The SMILES string of the molecule is CCOC(=O)CNC(C(=O)OCC)c1cc(Cl)c(Oc2ccc(OC)c(CC)c2)c(Cl)c1. The number of benzene rings is 2. The van der Waals surface area contributed by atoms with E-state index in [2.05, 4.69) is 5.32 Å². The second-order valence-electron chi connectivity index (χ2n) is 6.61. The number of hydrogen-bond acceptors (Lipinski definition) is 7. The maximum absolute atomic E-state index is 12.5. The smallest absolute Gasteiger partial charge is 0.327 e. The molecule has 7 nitrogen and oxygen atoms in total. The molecule has 0 heterocycles. The van der Waals surface area contributed by atoms with Crippen LogP contribution in [0.3, 0.4) is 0 Å². The summed E-state index contributed by atoms with van der Waals surface area (Å²) in [6, 6.07) is 7.54. The molecule has 0 fully saturated rings. The van der Waals surface area contributed by atoms with E-state index < -0.39 is 18.0 Å². The molecular formula is C23H27Cl2NO6. The van der Waals surface area contributed by atoms with Crippen LogP contribution in [0.2, 0.25) is 10.0 Å². The Hall–Kier alpha value is -2.48. The summed E-state index contributed by atoms with van der Waals surface area (Å²) in [4.78, 5) is 24.2. The first-order valence-corrected chi connectivity index (χ1v) is 11.0. The Morgan fingerprint density at radius 2 is 1.66 bits per heavy atom. The second kappa shape index (κ2) is 12.5. The molecule has 0 amide bonds. The van der Waals surface area contributed by atoms with Crippen LogP contribution in [0.15, 0.2) is 30.3 Å². The molecule has 174 valence electrons. The van der Waals surface area contributed by atoms with Gasteiger partial charge in [0.15, 0.2) is 5.75 Å². The molecule has 0 saturated carbocycles. The molecule has 0 saturated heterocycles. The number of rotatable bonds is 11. The first-order valence-electron chi connectivity index (χ1n) is 10.2. The Bertz CT molecular complexity index is 927. The molecule has 2 rings (SSSR count). The molecule has 9 heteroatoms.